The van der Waals surface area contributed by atoms with Crippen molar-refractivity contribution >= 4 is 21.9 Å². The van der Waals surface area contributed by atoms with E-state index in [0.717, 1.165) is 10.0 Å². The standard InChI is InChI=1S/C11H8BrNO2/c12-9-3-1-7(2-4-9)10-5-8(6-13)11(14)15-10/h1-4,8,10H,5H2. The molecule has 0 aromatic heterocycles. The Hall–Kier alpha value is -1.34. The van der Waals surface area contributed by atoms with Crippen molar-refractivity contribution in [1.82, 2.24) is 0 Å². The molecule has 2 atom stereocenters. The molecular weight excluding hydrogens is 258 g/mol. The first-order valence-corrected chi connectivity index (χ1v) is 5.35. The molecule has 0 saturated carbocycles. The fourth-order valence-corrected chi connectivity index (χ4v) is 1.83. The van der Waals surface area contributed by atoms with Gasteiger partial charge >= 0.3 is 5.97 Å². The van der Waals surface area contributed by atoms with Gasteiger partial charge in [-0.05, 0) is 17.7 Å². The van der Waals surface area contributed by atoms with E-state index in [1.807, 2.05) is 30.3 Å². The fraction of sp³-hybridized carbons (Fsp3) is 0.273. The minimum Gasteiger partial charge on any atom is -0.456 e. The van der Waals surface area contributed by atoms with Crippen molar-refractivity contribution in [3.05, 3.63) is 34.3 Å². The second-order valence-corrected chi connectivity index (χ2v) is 4.31. The summed E-state index contributed by atoms with van der Waals surface area (Å²) in [6.45, 7) is 0. The van der Waals surface area contributed by atoms with Gasteiger partial charge in [-0.25, -0.2) is 0 Å². The molecule has 2 unspecified atom stereocenters. The lowest BCUT2D eigenvalue weighted by molar-refractivity contribution is -0.143. The lowest BCUT2D eigenvalue weighted by atomic mass is 10.0. The number of carbonyl (C=O) groups excluding carboxylic acids is 1. The molecule has 1 fully saturated rings. The van der Waals surface area contributed by atoms with Crippen molar-refractivity contribution < 1.29 is 9.53 Å². The normalized spacial score (nSPS) is 24.7. The highest BCUT2D eigenvalue weighted by atomic mass is 79.9. The predicted octanol–water partition coefficient (Wildman–Crippen LogP) is 2.58. The van der Waals surface area contributed by atoms with Gasteiger partial charge < -0.3 is 4.74 Å². The van der Waals surface area contributed by atoms with Gasteiger partial charge in [0.25, 0.3) is 0 Å². The number of benzene rings is 1. The molecule has 0 bridgehead atoms. The Labute approximate surface area is 95.8 Å². The van der Waals surface area contributed by atoms with Crippen LogP contribution >= 0.6 is 15.9 Å². The van der Waals surface area contributed by atoms with Crippen molar-refractivity contribution in [3.63, 3.8) is 0 Å². The molecule has 0 amide bonds. The van der Waals surface area contributed by atoms with Crippen LogP contribution in [0.5, 0.6) is 0 Å². The van der Waals surface area contributed by atoms with E-state index in [2.05, 4.69) is 15.9 Å². The average molecular weight is 266 g/mol. The summed E-state index contributed by atoms with van der Waals surface area (Å²) in [7, 11) is 0. The first-order valence-electron chi connectivity index (χ1n) is 4.56. The molecule has 1 aliphatic heterocycles. The van der Waals surface area contributed by atoms with Gasteiger partial charge in [0.15, 0.2) is 0 Å². The van der Waals surface area contributed by atoms with Crippen LogP contribution in [0, 0.1) is 17.2 Å². The van der Waals surface area contributed by atoms with E-state index >= 15 is 0 Å². The van der Waals surface area contributed by atoms with Crippen molar-refractivity contribution in [1.29, 1.82) is 5.26 Å². The predicted molar refractivity (Wildman–Crippen MR) is 56.7 cm³/mol. The number of carbonyl (C=O) groups is 1. The van der Waals surface area contributed by atoms with Crippen LogP contribution in [0.15, 0.2) is 28.7 Å². The molecule has 1 saturated heterocycles. The van der Waals surface area contributed by atoms with Gasteiger partial charge in [0.2, 0.25) is 0 Å². The van der Waals surface area contributed by atoms with E-state index in [1.54, 1.807) is 0 Å². The monoisotopic (exact) mass is 265 g/mol. The smallest absolute Gasteiger partial charge is 0.324 e. The maximum Gasteiger partial charge on any atom is 0.324 e. The largest absolute Gasteiger partial charge is 0.456 e. The number of hydrogen-bond donors (Lipinski definition) is 0. The maximum absolute atomic E-state index is 11.2. The molecule has 0 radical (unpaired) electrons. The van der Waals surface area contributed by atoms with Crippen LogP contribution in [-0.4, -0.2) is 5.97 Å². The summed E-state index contributed by atoms with van der Waals surface area (Å²) >= 11 is 3.33. The van der Waals surface area contributed by atoms with Gasteiger partial charge in [0.1, 0.15) is 12.0 Å². The van der Waals surface area contributed by atoms with Crippen molar-refractivity contribution in [2.45, 2.75) is 12.5 Å². The van der Waals surface area contributed by atoms with Gasteiger partial charge in [-0.15, -0.1) is 0 Å². The van der Waals surface area contributed by atoms with Gasteiger partial charge in [-0.3, -0.25) is 4.79 Å². The quantitative estimate of drug-likeness (QED) is 0.734. The average Bonchev–Trinajstić information content (AvgIpc) is 2.61. The number of hydrogen-bond acceptors (Lipinski definition) is 3. The number of halogens is 1. The zero-order chi connectivity index (χ0) is 10.8. The molecule has 1 heterocycles. The summed E-state index contributed by atoms with van der Waals surface area (Å²) in [5.41, 5.74) is 0.935. The van der Waals surface area contributed by atoms with Gasteiger partial charge in [0.05, 0.1) is 6.07 Å². The molecule has 3 nitrogen and oxygen atoms in total. The van der Waals surface area contributed by atoms with E-state index in [-0.39, 0.29) is 6.10 Å². The van der Waals surface area contributed by atoms with Crippen LogP contribution in [-0.2, 0) is 9.53 Å². The van der Waals surface area contributed by atoms with Gasteiger partial charge in [-0.1, -0.05) is 28.1 Å². The minimum atomic E-state index is -0.612. The van der Waals surface area contributed by atoms with Crippen molar-refractivity contribution in [2.75, 3.05) is 0 Å². The Kier molecular flexibility index (Phi) is 2.74. The Balaban J connectivity index is 2.18. The third-order valence-electron chi connectivity index (χ3n) is 2.39. The van der Waals surface area contributed by atoms with Crippen molar-refractivity contribution in [2.24, 2.45) is 5.92 Å². The molecule has 0 spiro atoms. The van der Waals surface area contributed by atoms with Gasteiger partial charge in [-0.2, -0.15) is 5.26 Å². The van der Waals surface area contributed by atoms with E-state index < -0.39 is 11.9 Å². The topological polar surface area (TPSA) is 50.1 Å². The van der Waals surface area contributed by atoms with Crippen molar-refractivity contribution in [3.8, 4) is 6.07 Å². The summed E-state index contributed by atoms with van der Waals surface area (Å²) in [4.78, 5) is 11.2. The number of rotatable bonds is 1. The number of nitrogens with zero attached hydrogens (tertiary/aromatic N) is 1. The molecule has 4 heteroatoms. The number of ether oxygens (including phenoxy) is 1. The molecule has 2 rings (SSSR count). The van der Waals surface area contributed by atoms with Gasteiger partial charge in [0, 0.05) is 10.9 Å². The summed E-state index contributed by atoms with van der Waals surface area (Å²) in [5.74, 6) is -1.02. The summed E-state index contributed by atoms with van der Waals surface area (Å²) in [6, 6.07) is 9.51. The first kappa shape index (κ1) is 10.2. The number of cyclic esters (lactones) is 1. The van der Waals surface area contributed by atoms with E-state index in [1.165, 1.54) is 0 Å². The van der Waals surface area contributed by atoms with E-state index in [9.17, 15) is 4.79 Å². The molecule has 1 aromatic carbocycles. The lowest BCUT2D eigenvalue weighted by Crippen LogP contribution is -2.03. The van der Waals surface area contributed by atoms with Crippen LogP contribution < -0.4 is 0 Å². The first-order chi connectivity index (χ1) is 7.20. The Morgan fingerprint density at radius 3 is 2.60 bits per heavy atom. The highest BCUT2D eigenvalue weighted by Crippen LogP contribution is 2.33. The van der Waals surface area contributed by atoms with E-state index in [4.69, 9.17) is 10.00 Å². The zero-order valence-electron chi connectivity index (χ0n) is 7.81. The highest BCUT2D eigenvalue weighted by molar-refractivity contribution is 9.10. The van der Waals surface area contributed by atoms with E-state index in [0.29, 0.717) is 6.42 Å². The third kappa shape index (κ3) is 2.02. The number of esters is 1. The SMILES string of the molecule is N#CC1CC(c2ccc(Br)cc2)OC1=O. The Morgan fingerprint density at radius 1 is 1.40 bits per heavy atom. The fourth-order valence-electron chi connectivity index (χ4n) is 1.57. The Morgan fingerprint density at radius 2 is 2.07 bits per heavy atom. The highest BCUT2D eigenvalue weighted by Gasteiger charge is 2.35. The van der Waals surface area contributed by atoms with Crippen LogP contribution in [0.2, 0.25) is 0 Å². The molecule has 0 N–H and O–H groups in total. The minimum absolute atomic E-state index is 0.268. The molecule has 15 heavy (non-hydrogen) atoms. The third-order valence-corrected chi connectivity index (χ3v) is 2.92. The number of nitriles is 1. The van der Waals surface area contributed by atoms with Crippen LogP contribution in [0.1, 0.15) is 18.1 Å². The Bertz CT molecular complexity index is 421. The van der Waals surface area contributed by atoms with Crippen LogP contribution in [0.25, 0.3) is 0 Å². The second-order valence-electron chi connectivity index (χ2n) is 3.39. The lowest BCUT2D eigenvalue weighted by Gasteiger charge is -2.08. The summed E-state index contributed by atoms with van der Waals surface area (Å²) < 4.78 is 6.09. The molecular formula is C11H8BrNO2. The maximum atomic E-state index is 11.2. The molecule has 1 aliphatic rings. The van der Waals surface area contributed by atoms with Crippen LogP contribution in [0.4, 0.5) is 0 Å². The molecule has 0 aliphatic carbocycles. The second kappa shape index (κ2) is 4.03. The van der Waals surface area contributed by atoms with Crippen LogP contribution in [0.3, 0.4) is 0 Å². The molecule has 76 valence electrons. The summed E-state index contributed by atoms with van der Waals surface area (Å²) in [6.07, 6.45) is 0.187. The zero-order valence-corrected chi connectivity index (χ0v) is 9.40. The summed E-state index contributed by atoms with van der Waals surface area (Å²) in [5, 5.41) is 8.69. The molecule has 1 aromatic rings.